The topological polar surface area (TPSA) is 154 Å². The normalized spacial score (nSPS) is 16.8. The van der Waals surface area contributed by atoms with Crippen molar-refractivity contribution in [1.82, 2.24) is 14.5 Å². The monoisotopic (exact) mass is 853 g/mol. The fourth-order valence-electron chi connectivity index (χ4n) is 7.52. The van der Waals surface area contributed by atoms with Crippen LogP contribution in [0.1, 0.15) is 28.8 Å². The van der Waals surface area contributed by atoms with Crippen LogP contribution in [-0.4, -0.2) is 92.7 Å². The maximum atomic E-state index is 13.4. The van der Waals surface area contributed by atoms with E-state index in [9.17, 15) is 23.3 Å². The number of benzene rings is 5. The number of halogens is 1. The number of likely N-dealkylation sites (tertiary alicyclic amines) is 1. The van der Waals surface area contributed by atoms with Crippen LogP contribution in [0.15, 0.2) is 131 Å². The Morgan fingerprint density at radius 1 is 0.881 bits per heavy atom. The van der Waals surface area contributed by atoms with E-state index in [1.54, 1.807) is 23.9 Å². The molecule has 2 atom stereocenters. The van der Waals surface area contributed by atoms with Gasteiger partial charge in [-0.25, -0.2) is 13.1 Å². The number of nitrogens with two attached hydrogens (primary N) is 1. The van der Waals surface area contributed by atoms with Crippen molar-refractivity contribution in [3.05, 3.63) is 148 Å². The summed E-state index contributed by atoms with van der Waals surface area (Å²) in [7, 11) is -4.44. The first-order valence-electron chi connectivity index (χ1n) is 19.7. The van der Waals surface area contributed by atoms with Gasteiger partial charge in [0.1, 0.15) is 5.69 Å². The first kappa shape index (κ1) is 42.2. The van der Waals surface area contributed by atoms with Crippen LogP contribution in [-0.2, 0) is 16.6 Å². The lowest BCUT2D eigenvalue weighted by Gasteiger charge is -2.36. The number of nitrogens with one attached hydrogen (secondary N) is 2. The number of piperazine rings is 1. The van der Waals surface area contributed by atoms with Crippen LogP contribution in [0.25, 0.3) is 11.1 Å². The molecule has 1 amide bonds. The van der Waals surface area contributed by atoms with Crippen LogP contribution >= 0.6 is 23.4 Å². The molecule has 15 heteroatoms. The highest BCUT2D eigenvalue weighted by molar-refractivity contribution is 7.99. The summed E-state index contributed by atoms with van der Waals surface area (Å²) in [4.78, 5) is 32.6. The minimum atomic E-state index is -4.44. The molecule has 2 heterocycles. The molecule has 0 spiro atoms. The van der Waals surface area contributed by atoms with E-state index in [-0.39, 0.29) is 28.2 Å². The first-order chi connectivity index (χ1) is 28.5. The van der Waals surface area contributed by atoms with Crippen LogP contribution in [0.3, 0.4) is 0 Å². The summed E-state index contributed by atoms with van der Waals surface area (Å²) in [6.07, 6.45) is 1.64. The molecule has 7 rings (SSSR count). The smallest absolute Gasteiger partial charge is 0.293 e. The predicted molar refractivity (Wildman–Crippen MR) is 237 cm³/mol. The Morgan fingerprint density at radius 3 is 2.29 bits per heavy atom. The van der Waals surface area contributed by atoms with Crippen molar-refractivity contribution in [2.45, 2.75) is 41.3 Å². The summed E-state index contributed by atoms with van der Waals surface area (Å²) in [6.45, 7) is 6.55. The molecule has 0 bridgehead atoms. The minimum absolute atomic E-state index is 0.144. The molecule has 59 heavy (non-hydrogen) atoms. The number of anilines is 2. The van der Waals surface area contributed by atoms with Crippen LogP contribution in [0.4, 0.5) is 17.1 Å². The molecule has 5 aromatic rings. The van der Waals surface area contributed by atoms with E-state index in [2.05, 4.69) is 42.9 Å². The van der Waals surface area contributed by atoms with Crippen LogP contribution in [0.5, 0.6) is 0 Å². The molecule has 308 valence electrons. The number of rotatable bonds is 16. The number of carbonyl (C=O) groups is 1. The van der Waals surface area contributed by atoms with Gasteiger partial charge >= 0.3 is 0 Å². The molecule has 5 aromatic carbocycles. The molecule has 0 aromatic heterocycles. The zero-order valence-corrected chi connectivity index (χ0v) is 35.0. The van der Waals surface area contributed by atoms with E-state index in [0.717, 1.165) is 81.0 Å². The molecular formula is C44H48ClN7O5S2. The SMILES string of the molecule is N[C@@H]1CCN(CC[C@H](CSc2ccccc2)Nc2ccc(S(=O)(=O)NC(=O)c3ccc(N4CCN(Cc5ccccc5-c5ccc(Cl)cc5)CC4)cc3)cc2[N+](=O)[O-])C1. The Kier molecular flexibility index (Phi) is 13.9. The third-order valence-corrected chi connectivity index (χ3v) is 13.5. The number of nitro groups is 1. The maximum Gasteiger partial charge on any atom is 0.293 e. The summed E-state index contributed by atoms with van der Waals surface area (Å²) in [6, 6.07) is 36.6. The lowest BCUT2D eigenvalue weighted by molar-refractivity contribution is -0.384. The molecule has 0 radical (unpaired) electrons. The van der Waals surface area contributed by atoms with Gasteiger partial charge in [-0.1, -0.05) is 66.2 Å². The standard InChI is InChI=1S/C44H48ClN7O5S2/c45-35-14-10-32(11-15-35)41-9-5-4-6-34(41)29-50-24-26-51(27-25-50)38-16-12-33(13-17-38)44(53)48-59(56,57)40-18-19-42(43(28-40)52(54)55)47-37(21-23-49-22-20-36(46)30-49)31-58-39-7-2-1-3-8-39/h1-19,28,36-37,47H,20-27,29-31,46H2,(H,48,53)/t36-,37-/m1/s1. The lowest BCUT2D eigenvalue weighted by atomic mass is 9.99. The van der Waals surface area contributed by atoms with Gasteiger partial charge in [-0.05, 0) is 96.7 Å². The van der Waals surface area contributed by atoms with E-state index in [0.29, 0.717) is 17.2 Å². The van der Waals surface area contributed by atoms with Crippen molar-refractivity contribution in [2.75, 3.05) is 61.8 Å². The Hall–Kier alpha value is -4.96. The Balaban J connectivity index is 0.958. The second-order valence-corrected chi connectivity index (χ2v) is 18.2. The van der Waals surface area contributed by atoms with Gasteiger partial charge in [0.15, 0.2) is 0 Å². The summed E-state index contributed by atoms with van der Waals surface area (Å²) in [5.74, 6) is -0.197. The molecule has 0 saturated carbocycles. The average Bonchev–Trinajstić information content (AvgIpc) is 3.67. The molecule has 4 N–H and O–H groups in total. The maximum absolute atomic E-state index is 13.4. The number of nitro benzene ring substituents is 1. The number of thioether (sulfide) groups is 1. The van der Waals surface area contributed by atoms with Gasteiger partial charge in [0.05, 0.1) is 9.82 Å². The average molecular weight is 854 g/mol. The lowest BCUT2D eigenvalue weighted by Crippen LogP contribution is -2.46. The molecule has 12 nitrogen and oxygen atoms in total. The van der Waals surface area contributed by atoms with Crippen molar-refractivity contribution in [3.63, 3.8) is 0 Å². The highest BCUT2D eigenvalue weighted by Crippen LogP contribution is 2.31. The first-order valence-corrected chi connectivity index (χ1v) is 22.5. The van der Waals surface area contributed by atoms with Crippen molar-refractivity contribution >= 4 is 56.4 Å². The molecule has 0 aliphatic carbocycles. The molecule has 2 aliphatic heterocycles. The van der Waals surface area contributed by atoms with Gasteiger partial charge in [0.2, 0.25) is 0 Å². The number of nitrogens with zero attached hydrogens (tertiary/aromatic N) is 4. The summed E-state index contributed by atoms with van der Waals surface area (Å²) in [5, 5.41) is 16.3. The van der Waals surface area contributed by atoms with Crippen molar-refractivity contribution in [3.8, 4) is 11.1 Å². The van der Waals surface area contributed by atoms with E-state index < -0.39 is 26.5 Å². The van der Waals surface area contributed by atoms with Gasteiger partial charge in [-0.15, -0.1) is 11.8 Å². The van der Waals surface area contributed by atoms with Gasteiger partial charge < -0.3 is 20.9 Å². The highest BCUT2D eigenvalue weighted by Gasteiger charge is 2.27. The molecule has 2 aliphatic rings. The zero-order chi connectivity index (χ0) is 41.4. The van der Waals surface area contributed by atoms with Crippen molar-refractivity contribution in [1.29, 1.82) is 0 Å². The summed E-state index contributed by atoms with van der Waals surface area (Å²) in [5.41, 5.74) is 10.6. The Morgan fingerprint density at radius 2 is 1.59 bits per heavy atom. The van der Waals surface area contributed by atoms with Crippen LogP contribution < -0.4 is 20.7 Å². The third-order valence-electron chi connectivity index (χ3n) is 10.8. The third kappa shape index (κ3) is 11.2. The molecule has 0 unspecified atom stereocenters. The minimum Gasteiger partial charge on any atom is -0.376 e. The van der Waals surface area contributed by atoms with Gasteiger partial charge in [0.25, 0.3) is 21.6 Å². The second kappa shape index (κ2) is 19.4. The number of amides is 1. The summed E-state index contributed by atoms with van der Waals surface area (Å²) < 4.78 is 29.0. The fraction of sp³-hybridized carbons (Fsp3) is 0.295. The number of sulfonamides is 1. The van der Waals surface area contributed by atoms with Gasteiger partial charge in [0, 0.05) is 90.9 Å². The predicted octanol–water partition coefficient (Wildman–Crippen LogP) is 7.35. The van der Waals surface area contributed by atoms with E-state index in [4.69, 9.17) is 17.3 Å². The van der Waals surface area contributed by atoms with Crippen molar-refractivity contribution in [2.24, 2.45) is 5.73 Å². The summed E-state index contributed by atoms with van der Waals surface area (Å²) >= 11 is 7.76. The Labute approximate surface area is 354 Å². The number of hydrogen-bond donors (Lipinski definition) is 3. The largest absolute Gasteiger partial charge is 0.376 e. The fourth-order valence-corrected chi connectivity index (χ4v) is 9.64. The zero-order valence-electron chi connectivity index (χ0n) is 32.6. The molecule has 2 saturated heterocycles. The van der Waals surface area contributed by atoms with E-state index in [1.807, 2.05) is 72.8 Å². The molecule has 2 fully saturated rings. The Bertz CT molecular complexity index is 2330. The van der Waals surface area contributed by atoms with E-state index >= 15 is 0 Å². The highest BCUT2D eigenvalue weighted by atomic mass is 35.5. The van der Waals surface area contributed by atoms with E-state index in [1.165, 1.54) is 23.3 Å². The number of carbonyl (C=O) groups excluding carboxylic acids is 1. The van der Waals surface area contributed by atoms with Gasteiger partial charge in [-0.2, -0.15) is 0 Å². The van der Waals surface area contributed by atoms with Crippen molar-refractivity contribution < 1.29 is 18.1 Å². The quantitative estimate of drug-likeness (QED) is 0.0519. The van der Waals surface area contributed by atoms with Crippen LogP contribution in [0.2, 0.25) is 5.02 Å². The van der Waals surface area contributed by atoms with Crippen LogP contribution in [0, 0.1) is 10.1 Å². The number of hydrogen-bond acceptors (Lipinski definition) is 11. The molecular weight excluding hydrogens is 806 g/mol. The second-order valence-electron chi connectivity index (χ2n) is 14.9. The van der Waals surface area contributed by atoms with Gasteiger partial charge in [-0.3, -0.25) is 19.8 Å².